The summed E-state index contributed by atoms with van der Waals surface area (Å²) in [6.45, 7) is 4.81. The Hall–Kier alpha value is -1.50. The second-order valence-electron chi connectivity index (χ2n) is 5.95. The number of nitrogens with two attached hydrogens (primary N) is 1. The second-order valence-corrected chi connectivity index (χ2v) is 5.95. The molecule has 1 rings (SSSR count). The van der Waals surface area contributed by atoms with Crippen molar-refractivity contribution in [2.75, 3.05) is 6.54 Å². The summed E-state index contributed by atoms with van der Waals surface area (Å²) in [6, 6.07) is 2.79. The molecule has 0 aliphatic heterocycles. The van der Waals surface area contributed by atoms with Crippen LogP contribution in [0.3, 0.4) is 0 Å². The maximum Gasteiger partial charge on any atom is 0.406 e. The quantitative estimate of drug-likeness (QED) is 0.848. The summed E-state index contributed by atoms with van der Waals surface area (Å²) in [4.78, 5) is 12.2. The van der Waals surface area contributed by atoms with Crippen LogP contribution in [0.2, 0.25) is 0 Å². The lowest BCUT2D eigenvalue weighted by Crippen LogP contribution is -2.52. The summed E-state index contributed by atoms with van der Waals surface area (Å²) >= 11 is 0. The summed E-state index contributed by atoms with van der Waals surface area (Å²) in [5, 5.41) is 2.75. The number of hydrogen-bond acceptors (Lipinski definition) is 2. The molecule has 120 valence electrons. The highest BCUT2D eigenvalue weighted by Crippen LogP contribution is 2.20. The van der Waals surface area contributed by atoms with Crippen LogP contribution in [0.4, 0.5) is 13.2 Å². The standard InChI is InChI=1S/C14H22F3N3O/c1-10(2)7-13(3,8-18)19-12(21)11-5-4-6-20(11)9-14(15,16)17/h4-6,10H,7-9,18H2,1-3H3,(H,19,21). The Labute approximate surface area is 122 Å². The zero-order chi connectivity index (χ0) is 16.3. The van der Waals surface area contributed by atoms with Crippen LogP contribution in [-0.2, 0) is 6.54 Å². The number of amides is 1. The fourth-order valence-corrected chi connectivity index (χ4v) is 2.38. The van der Waals surface area contributed by atoms with E-state index >= 15 is 0 Å². The monoisotopic (exact) mass is 305 g/mol. The molecule has 0 saturated carbocycles. The van der Waals surface area contributed by atoms with Gasteiger partial charge in [-0.3, -0.25) is 4.79 Å². The van der Waals surface area contributed by atoms with E-state index < -0.39 is 24.2 Å². The molecule has 4 nitrogen and oxygen atoms in total. The smallest absolute Gasteiger partial charge is 0.344 e. The van der Waals surface area contributed by atoms with Gasteiger partial charge in [-0.25, -0.2) is 0 Å². The molecule has 1 aromatic rings. The van der Waals surface area contributed by atoms with E-state index in [0.717, 1.165) is 4.57 Å². The average molecular weight is 305 g/mol. The van der Waals surface area contributed by atoms with Gasteiger partial charge in [0.1, 0.15) is 12.2 Å². The van der Waals surface area contributed by atoms with Gasteiger partial charge in [0.05, 0.1) is 5.54 Å². The largest absolute Gasteiger partial charge is 0.406 e. The highest BCUT2D eigenvalue weighted by atomic mass is 19.4. The fraction of sp³-hybridized carbons (Fsp3) is 0.643. The number of aromatic nitrogens is 1. The molecule has 3 N–H and O–H groups in total. The highest BCUT2D eigenvalue weighted by Gasteiger charge is 2.31. The van der Waals surface area contributed by atoms with Gasteiger partial charge in [0.2, 0.25) is 0 Å². The van der Waals surface area contributed by atoms with Crippen molar-refractivity contribution >= 4 is 5.91 Å². The fourth-order valence-electron chi connectivity index (χ4n) is 2.38. The molecule has 0 radical (unpaired) electrons. The topological polar surface area (TPSA) is 60.0 Å². The van der Waals surface area contributed by atoms with E-state index in [1.54, 1.807) is 6.92 Å². The van der Waals surface area contributed by atoms with E-state index in [4.69, 9.17) is 5.73 Å². The molecule has 0 bridgehead atoms. The molecule has 7 heteroatoms. The van der Waals surface area contributed by atoms with Crippen LogP contribution in [0.1, 0.15) is 37.7 Å². The van der Waals surface area contributed by atoms with Gasteiger partial charge in [0, 0.05) is 12.7 Å². The van der Waals surface area contributed by atoms with Gasteiger partial charge in [0.15, 0.2) is 0 Å². The van der Waals surface area contributed by atoms with Gasteiger partial charge >= 0.3 is 6.18 Å². The maximum atomic E-state index is 12.5. The van der Waals surface area contributed by atoms with Crippen molar-refractivity contribution in [2.24, 2.45) is 11.7 Å². The predicted molar refractivity (Wildman–Crippen MR) is 74.9 cm³/mol. The van der Waals surface area contributed by atoms with Gasteiger partial charge in [-0.1, -0.05) is 13.8 Å². The Morgan fingerprint density at radius 1 is 1.43 bits per heavy atom. The lowest BCUT2D eigenvalue weighted by molar-refractivity contribution is -0.140. The summed E-state index contributed by atoms with van der Waals surface area (Å²) in [5.41, 5.74) is 5.04. The molecule has 0 saturated heterocycles. The third-order valence-electron chi connectivity index (χ3n) is 3.14. The van der Waals surface area contributed by atoms with E-state index in [1.165, 1.54) is 18.3 Å². The van der Waals surface area contributed by atoms with Crippen molar-refractivity contribution in [3.63, 3.8) is 0 Å². The zero-order valence-electron chi connectivity index (χ0n) is 12.5. The first kappa shape index (κ1) is 17.6. The van der Waals surface area contributed by atoms with Crippen molar-refractivity contribution in [2.45, 2.75) is 45.5 Å². The molecule has 1 atom stereocenters. The molecule has 0 fully saturated rings. The third kappa shape index (κ3) is 5.41. The van der Waals surface area contributed by atoms with Crippen molar-refractivity contribution in [3.05, 3.63) is 24.0 Å². The Kier molecular flexibility index (Phi) is 5.44. The predicted octanol–water partition coefficient (Wildman–Crippen LogP) is 2.54. The molecule has 1 heterocycles. The lowest BCUT2D eigenvalue weighted by atomic mass is 9.90. The third-order valence-corrected chi connectivity index (χ3v) is 3.14. The molecule has 1 aromatic heterocycles. The molecule has 1 unspecified atom stereocenters. The molecular formula is C14H22F3N3O. The summed E-state index contributed by atoms with van der Waals surface area (Å²) in [6.07, 6.45) is -2.48. The minimum absolute atomic E-state index is 0.0178. The van der Waals surface area contributed by atoms with Crippen LogP contribution in [0, 0.1) is 5.92 Å². The Balaban J connectivity index is 2.87. The Bertz CT molecular complexity index is 482. The van der Waals surface area contributed by atoms with E-state index in [-0.39, 0.29) is 12.2 Å². The van der Waals surface area contributed by atoms with Crippen molar-refractivity contribution < 1.29 is 18.0 Å². The molecule has 21 heavy (non-hydrogen) atoms. The van der Waals surface area contributed by atoms with Crippen LogP contribution in [0.5, 0.6) is 0 Å². The molecule has 0 aromatic carbocycles. The average Bonchev–Trinajstić information content (AvgIpc) is 2.73. The minimum atomic E-state index is -4.37. The van der Waals surface area contributed by atoms with Gasteiger partial charge in [-0.2, -0.15) is 13.2 Å². The van der Waals surface area contributed by atoms with Crippen LogP contribution >= 0.6 is 0 Å². The molecular weight excluding hydrogens is 283 g/mol. The van der Waals surface area contributed by atoms with Crippen LogP contribution in [0.15, 0.2) is 18.3 Å². The van der Waals surface area contributed by atoms with E-state index in [1.807, 2.05) is 13.8 Å². The van der Waals surface area contributed by atoms with Crippen LogP contribution < -0.4 is 11.1 Å². The first-order chi connectivity index (χ1) is 9.56. The Morgan fingerprint density at radius 3 is 2.52 bits per heavy atom. The van der Waals surface area contributed by atoms with Gasteiger partial charge in [-0.15, -0.1) is 0 Å². The van der Waals surface area contributed by atoms with Crippen molar-refractivity contribution in [1.82, 2.24) is 9.88 Å². The summed E-state index contributed by atoms with van der Waals surface area (Å²) < 4.78 is 38.3. The normalized spacial score (nSPS) is 15.0. The first-order valence-corrected chi connectivity index (χ1v) is 6.81. The number of halogens is 3. The molecule has 0 spiro atoms. The number of carbonyl (C=O) groups is 1. The minimum Gasteiger partial charge on any atom is -0.344 e. The highest BCUT2D eigenvalue weighted by molar-refractivity contribution is 5.93. The van der Waals surface area contributed by atoms with E-state index in [0.29, 0.717) is 12.3 Å². The molecule has 0 aliphatic carbocycles. The number of alkyl halides is 3. The zero-order valence-corrected chi connectivity index (χ0v) is 12.5. The Morgan fingerprint density at radius 2 is 2.05 bits per heavy atom. The second kappa shape index (κ2) is 6.51. The first-order valence-electron chi connectivity index (χ1n) is 6.81. The van der Waals surface area contributed by atoms with Gasteiger partial charge < -0.3 is 15.6 Å². The van der Waals surface area contributed by atoms with Crippen LogP contribution in [0.25, 0.3) is 0 Å². The van der Waals surface area contributed by atoms with E-state index in [9.17, 15) is 18.0 Å². The summed E-state index contributed by atoms with van der Waals surface area (Å²) in [7, 11) is 0. The summed E-state index contributed by atoms with van der Waals surface area (Å²) in [5.74, 6) is -0.237. The van der Waals surface area contributed by atoms with Gasteiger partial charge in [0.25, 0.3) is 5.91 Å². The number of nitrogens with zero attached hydrogens (tertiary/aromatic N) is 1. The van der Waals surface area contributed by atoms with Gasteiger partial charge in [-0.05, 0) is 31.4 Å². The van der Waals surface area contributed by atoms with Crippen molar-refractivity contribution in [3.8, 4) is 0 Å². The number of nitrogens with one attached hydrogen (secondary N) is 1. The number of hydrogen-bond donors (Lipinski definition) is 2. The number of carbonyl (C=O) groups excluding carboxylic acids is 1. The van der Waals surface area contributed by atoms with Crippen molar-refractivity contribution in [1.29, 1.82) is 0 Å². The lowest BCUT2D eigenvalue weighted by Gasteiger charge is -2.31. The molecule has 0 aliphatic rings. The SMILES string of the molecule is CC(C)CC(C)(CN)NC(=O)c1cccn1CC(F)(F)F. The number of rotatable bonds is 6. The van der Waals surface area contributed by atoms with Crippen LogP contribution in [-0.4, -0.2) is 28.7 Å². The molecule has 1 amide bonds. The maximum absolute atomic E-state index is 12.5. The van der Waals surface area contributed by atoms with E-state index in [2.05, 4.69) is 5.32 Å².